The van der Waals surface area contributed by atoms with E-state index in [1.807, 2.05) is 41.3 Å². The first-order chi connectivity index (χ1) is 19.6. The maximum Gasteiger partial charge on any atom is 0.322 e. The zero-order valence-electron chi connectivity index (χ0n) is 22.5. The molecule has 0 radical (unpaired) electrons. The van der Waals surface area contributed by atoms with Gasteiger partial charge in [0.1, 0.15) is 5.75 Å². The Morgan fingerprint density at radius 3 is 2.60 bits per heavy atom. The normalized spacial score (nSPS) is 17.5. The third kappa shape index (κ3) is 5.41. The number of nitrogens with zero attached hydrogens (tertiary/aromatic N) is 2. The molecule has 1 fully saturated rings. The average Bonchev–Trinajstić information content (AvgIpc) is 3.82. The molecule has 4 aromatic rings. The number of carbonyl (C=O) groups excluding carboxylic acids is 2. The van der Waals surface area contributed by atoms with Crippen molar-refractivity contribution in [1.82, 2.24) is 15.2 Å². The van der Waals surface area contributed by atoms with Gasteiger partial charge in [-0.3, -0.25) is 9.78 Å². The number of rotatable bonds is 7. The van der Waals surface area contributed by atoms with Crippen LogP contribution in [-0.4, -0.2) is 35.5 Å². The Hall–Kier alpha value is -4.65. The molecule has 3 aromatic carbocycles. The molecule has 6 rings (SSSR count). The van der Waals surface area contributed by atoms with Gasteiger partial charge in [-0.1, -0.05) is 54.6 Å². The van der Waals surface area contributed by atoms with E-state index in [-0.39, 0.29) is 23.8 Å². The molecule has 0 unspecified atom stereocenters. The third-order valence-electron chi connectivity index (χ3n) is 7.92. The van der Waals surface area contributed by atoms with E-state index < -0.39 is 0 Å². The molecule has 2 heterocycles. The molecule has 40 heavy (non-hydrogen) atoms. The van der Waals surface area contributed by atoms with E-state index in [4.69, 9.17) is 4.74 Å². The minimum absolute atomic E-state index is 0.0110. The summed E-state index contributed by atoms with van der Waals surface area (Å²) in [4.78, 5) is 32.1. The Balaban J connectivity index is 1.24. The largest absolute Gasteiger partial charge is 0.497 e. The van der Waals surface area contributed by atoms with Crippen LogP contribution in [0, 0.1) is 5.92 Å². The molecule has 0 saturated heterocycles. The first-order valence-corrected chi connectivity index (χ1v) is 13.7. The van der Waals surface area contributed by atoms with Crippen molar-refractivity contribution < 1.29 is 14.3 Å². The van der Waals surface area contributed by atoms with E-state index >= 15 is 0 Å². The molecule has 7 nitrogen and oxygen atoms in total. The standard InChI is InChI=1S/C33H32N4O3/c1-40-26-9-5-8-23(18-26)27-11-10-24(20-35-32(38)30-19-29(30)22-6-3-2-4-7-22)31-21-37(17-14-28(27)31)33(39)36-25-12-15-34-16-13-25/h2-13,15-16,18,29-30H,14,17,19-21H2,1H3,(H,35,38)(H,34,36,39)/t29-,30+/m0/s1. The molecule has 1 aliphatic heterocycles. The van der Waals surface area contributed by atoms with E-state index in [2.05, 4.69) is 45.9 Å². The number of urea groups is 1. The topological polar surface area (TPSA) is 83.6 Å². The van der Waals surface area contributed by atoms with Crippen LogP contribution in [0.4, 0.5) is 10.5 Å². The summed E-state index contributed by atoms with van der Waals surface area (Å²) in [6.07, 6.45) is 4.91. The fourth-order valence-electron chi connectivity index (χ4n) is 5.65. The molecule has 2 atom stereocenters. The molecule has 0 spiro atoms. The fraction of sp³-hybridized carbons (Fsp3) is 0.242. The van der Waals surface area contributed by atoms with Gasteiger partial charge in [-0.25, -0.2) is 4.79 Å². The summed E-state index contributed by atoms with van der Waals surface area (Å²) >= 11 is 0. The summed E-state index contributed by atoms with van der Waals surface area (Å²) in [7, 11) is 1.67. The number of nitrogens with one attached hydrogen (secondary N) is 2. The maximum atomic E-state index is 13.2. The molecule has 1 aliphatic carbocycles. The highest BCUT2D eigenvalue weighted by Gasteiger charge is 2.43. The van der Waals surface area contributed by atoms with Gasteiger partial charge in [0.2, 0.25) is 5.91 Å². The van der Waals surface area contributed by atoms with Crippen LogP contribution in [0.2, 0.25) is 0 Å². The lowest BCUT2D eigenvalue weighted by Gasteiger charge is -2.32. The number of aromatic nitrogens is 1. The van der Waals surface area contributed by atoms with Gasteiger partial charge >= 0.3 is 6.03 Å². The molecule has 2 aliphatic rings. The van der Waals surface area contributed by atoms with Crippen LogP contribution in [0.15, 0.2) is 91.3 Å². The smallest absolute Gasteiger partial charge is 0.322 e. The first-order valence-electron chi connectivity index (χ1n) is 13.7. The summed E-state index contributed by atoms with van der Waals surface area (Å²) in [6.45, 7) is 1.49. The molecule has 0 bridgehead atoms. The SMILES string of the molecule is COc1cccc(-c2ccc(CNC(=O)[C@@H]3C[C@H]3c3ccccc3)c3c2CCN(C(=O)Nc2ccncc2)C3)c1. The number of hydrogen-bond donors (Lipinski definition) is 2. The molecule has 7 heteroatoms. The summed E-state index contributed by atoms with van der Waals surface area (Å²) in [5.41, 5.74) is 7.47. The van der Waals surface area contributed by atoms with Crippen LogP contribution in [0.3, 0.4) is 0 Å². The number of anilines is 1. The van der Waals surface area contributed by atoms with Gasteiger partial charge in [-0.05, 0) is 76.4 Å². The van der Waals surface area contributed by atoms with Gasteiger partial charge in [0.15, 0.2) is 0 Å². The minimum Gasteiger partial charge on any atom is -0.497 e. The van der Waals surface area contributed by atoms with Crippen molar-refractivity contribution in [1.29, 1.82) is 0 Å². The van der Waals surface area contributed by atoms with E-state index in [9.17, 15) is 9.59 Å². The Kier molecular flexibility index (Phi) is 7.19. The maximum absolute atomic E-state index is 13.2. The third-order valence-corrected chi connectivity index (χ3v) is 7.92. The number of fused-ring (bicyclic) bond motifs is 1. The van der Waals surface area contributed by atoms with Crippen LogP contribution in [-0.2, 0) is 24.3 Å². The number of carbonyl (C=O) groups is 2. The van der Waals surface area contributed by atoms with E-state index in [0.29, 0.717) is 31.7 Å². The van der Waals surface area contributed by atoms with Gasteiger partial charge in [0.25, 0.3) is 0 Å². The highest BCUT2D eigenvalue weighted by atomic mass is 16.5. The van der Waals surface area contributed by atoms with Crippen LogP contribution in [0.1, 0.15) is 34.6 Å². The number of amides is 3. The number of pyridine rings is 1. The number of methoxy groups -OCH3 is 1. The summed E-state index contributed by atoms with van der Waals surface area (Å²) < 4.78 is 5.47. The second-order valence-electron chi connectivity index (χ2n) is 10.4. The average molecular weight is 533 g/mol. The van der Waals surface area contributed by atoms with Gasteiger partial charge in [-0.2, -0.15) is 0 Å². The van der Waals surface area contributed by atoms with Crippen molar-refractivity contribution in [2.24, 2.45) is 5.92 Å². The van der Waals surface area contributed by atoms with Gasteiger partial charge < -0.3 is 20.3 Å². The fourth-order valence-corrected chi connectivity index (χ4v) is 5.65. The quantitative estimate of drug-likeness (QED) is 0.317. The predicted molar refractivity (Wildman–Crippen MR) is 155 cm³/mol. The second-order valence-corrected chi connectivity index (χ2v) is 10.4. The van der Waals surface area contributed by atoms with Crippen molar-refractivity contribution in [3.8, 4) is 16.9 Å². The Labute approximate surface area is 234 Å². The number of hydrogen-bond acceptors (Lipinski definition) is 4. The second kappa shape index (κ2) is 11.2. The summed E-state index contributed by atoms with van der Waals surface area (Å²) in [5, 5.41) is 6.17. The number of benzene rings is 3. The monoisotopic (exact) mass is 532 g/mol. The Morgan fingerprint density at radius 1 is 0.975 bits per heavy atom. The first kappa shape index (κ1) is 25.6. The molecule has 202 valence electrons. The van der Waals surface area contributed by atoms with Gasteiger partial charge in [-0.15, -0.1) is 0 Å². The minimum atomic E-state index is -0.151. The molecular weight excluding hydrogens is 500 g/mol. The molecule has 2 N–H and O–H groups in total. The van der Waals surface area contributed by atoms with Gasteiger partial charge in [0, 0.05) is 43.6 Å². The highest BCUT2D eigenvalue weighted by Crippen LogP contribution is 2.47. The van der Waals surface area contributed by atoms with Crippen molar-refractivity contribution in [2.75, 3.05) is 19.0 Å². The predicted octanol–water partition coefficient (Wildman–Crippen LogP) is 5.77. The lowest BCUT2D eigenvalue weighted by molar-refractivity contribution is -0.122. The molecule has 3 amide bonds. The van der Waals surface area contributed by atoms with Crippen LogP contribution in [0.25, 0.3) is 11.1 Å². The van der Waals surface area contributed by atoms with Crippen LogP contribution < -0.4 is 15.4 Å². The van der Waals surface area contributed by atoms with Crippen molar-refractivity contribution in [3.05, 3.63) is 114 Å². The van der Waals surface area contributed by atoms with Gasteiger partial charge in [0.05, 0.1) is 7.11 Å². The van der Waals surface area contributed by atoms with E-state index in [0.717, 1.165) is 34.4 Å². The summed E-state index contributed by atoms with van der Waals surface area (Å²) in [6, 6.07) is 25.9. The molecule has 1 saturated carbocycles. The van der Waals surface area contributed by atoms with Crippen LogP contribution >= 0.6 is 0 Å². The van der Waals surface area contributed by atoms with Crippen molar-refractivity contribution >= 4 is 17.6 Å². The highest BCUT2D eigenvalue weighted by molar-refractivity contribution is 5.89. The van der Waals surface area contributed by atoms with Crippen molar-refractivity contribution in [2.45, 2.75) is 31.8 Å². The van der Waals surface area contributed by atoms with E-state index in [1.54, 1.807) is 31.6 Å². The zero-order valence-corrected chi connectivity index (χ0v) is 22.5. The lowest BCUT2D eigenvalue weighted by Crippen LogP contribution is -2.39. The van der Waals surface area contributed by atoms with Crippen molar-refractivity contribution in [3.63, 3.8) is 0 Å². The van der Waals surface area contributed by atoms with Crippen LogP contribution in [0.5, 0.6) is 5.75 Å². The zero-order chi connectivity index (χ0) is 27.5. The summed E-state index contributed by atoms with van der Waals surface area (Å²) in [5.74, 6) is 1.19. The molecular formula is C33H32N4O3. The van der Waals surface area contributed by atoms with E-state index in [1.165, 1.54) is 11.1 Å². The Bertz CT molecular complexity index is 1520. The number of ether oxygens (including phenoxy) is 1. The lowest BCUT2D eigenvalue weighted by atomic mass is 9.87. The molecule has 1 aromatic heterocycles. The Morgan fingerprint density at radius 2 is 1.80 bits per heavy atom.